The first-order valence-corrected chi connectivity index (χ1v) is 8.23. The molecule has 0 amide bonds. The third kappa shape index (κ3) is 2.94. The summed E-state index contributed by atoms with van der Waals surface area (Å²) < 4.78 is 19.4. The molecule has 0 fully saturated rings. The fraction of sp³-hybridized carbons (Fsp3) is 0.235. The molecule has 2 heterocycles. The fourth-order valence-electron chi connectivity index (χ4n) is 2.45. The maximum atomic E-state index is 13.0. The number of aryl methyl sites for hydroxylation is 1. The molecular weight excluding hydrogens is 331 g/mol. The lowest BCUT2D eigenvalue weighted by atomic mass is 10.2. The number of rotatable bonds is 4. The molecule has 0 spiro atoms. The number of hydrogen-bond donors (Lipinski definition) is 0. The number of esters is 1. The van der Waals surface area contributed by atoms with Gasteiger partial charge in [-0.1, -0.05) is 12.1 Å². The first-order valence-electron chi connectivity index (χ1n) is 7.41. The zero-order valence-corrected chi connectivity index (χ0v) is 14.0. The van der Waals surface area contributed by atoms with E-state index < -0.39 is 5.97 Å². The Morgan fingerprint density at radius 1 is 1.33 bits per heavy atom. The van der Waals surface area contributed by atoms with Gasteiger partial charge in [-0.05, 0) is 37.1 Å². The van der Waals surface area contributed by atoms with Crippen molar-refractivity contribution in [3.05, 3.63) is 62.8 Å². The molecule has 0 radical (unpaired) electrons. The van der Waals surface area contributed by atoms with E-state index in [9.17, 15) is 14.0 Å². The first-order chi connectivity index (χ1) is 11.5. The van der Waals surface area contributed by atoms with Gasteiger partial charge in [0.05, 0.1) is 24.9 Å². The average Bonchev–Trinajstić information content (AvgIpc) is 2.90. The van der Waals surface area contributed by atoms with Crippen LogP contribution < -0.4 is 5.56 Å². The van der Waals surface area contributed by atoms with Crippen LogP contribution in [0.2, 0.25) is 0 Å². The Morgan fingerprint density at radius 3 is 2.71 bits per heavy atom. The maximum Gasteiger partial charge on any atom is 0.348 e. The molecule has 124 valence electrons. The van der Waals surface area contributed by atoms with Gasteiger partial charge in [0.1, 0.15) is 15.5 Å². The van der Waals surface area contributed by atoms with Crippen molar-refractivity contribution in [3.8, 4) is 0 Å². The topological polar surface area (TPSA) is 61.2 Å². The van der Waals surface area contributed by atoms with Crippen molar-refractivity contribution in [2.45, 2.75) is 20.4 Å². The van der Waals surface area contributed by atoms with Gasteiger partial charge in [0.2, 0.25) is 0 Å². The standard InChI is InChI=1S/C17H15FN2O3S/c1-3-23-17(22)14-10(2)13-15(24-14)19-9-20(16(13)21)8-11-4-6-12(18)7-5-11/h4-7,9H,3,8H2,1-2H3. The molecule has 24 heavy (non-hydrogen) atoms. The molecule has 0 atom stereocenters. The van der Waals surface area contributed by atoms with Gasteiger partial charge in [0, 0.05) is 0 Å². The van der Waals surface area contributed by atoms with E-state index in [1.54, 1.807) is 26.0 Å². The molecule has 0 unspecified atom stereocenters. The lowest BCUT2D eigenvalue weighted by Crippen LogP contribution is -2.21. The normalized spacial score (nSPS) is 11.0. The molecule has 0 aliphatic heterocycles. The molecular formula is C17H15FN2O3S. The Bertz CT molecular complexity index is 960. The van der Waals surface area contributed by atoms with Crippen LogP contribution in [0.3, 0.4) is 0 Å². The fourth-order valence-corrected chi connectivity index (χ4v) is 3.48. The number of fused-ring (bicyclic) bond motifs is 1. The second kappa shape index (κ2) is 6.52. The van der Waals surface area contributed by atoms with Crippen LogP contribution in [0.5, 0.6) is 0 Å². The lowest BCUT2D eigenvalue weighted by molar-refractivity contribution is 0.0531. The van der Waals surface area contributed by atoms with Crippen LogP contribution in [0.1, 0.15) is 27.7 Å². The number of nitrogens with zero attached hydrogens (tertiary/aromatic N) is 2. The van der Waals surface area contributed by atoms with Crippen molar-refractivity contribution >= 4 is 27.5 Å². The quantitative estimate of drug-likeness (QED) is 0.681. The maximum absolute atomic E-state index is 13.0. The number of hydrogen-bond acceptors (Lipinski definition) is 5. The molecule has 5 nitrogen and oxygen atoms in total. The summed E-state index contributed by atoms with van der Waals surface area (Å²) in [5.74, 6) is -0.769. The highest BCUT2D eigenvalue weighted by Crippen LogP contribution is 2.27. The van der Waals surface area contributed by atoms with Crippen LogP contribution in [0.25, 0.3) is 10.2 Å². The predicted molar refractivity (Wildman–Crippen MR) is 90.1 cm³/mol. The van der Waals surface area contributed by atoms with Crippen LogP contribution >= 0.6 is 11.3 Å². The zero-order valence-electron chi connectivity index (χ0n) is 13.2. The Labute approximate surface area is 141 Å². The summed E-state index contributed by atoms with van der Waals surface area (Å²) in [5.41, 5.74) is 1.14. The summed E-state index contributed by atoms with van der Waals surface area (Å²) in [4.78, 5) is 29.9. The number of halogens is 1. The van der Waals surface area contributed by atoms with Crippen LogP contribution in [-0.2, 0) is 11.3 Å². The zero-order chi connectivity index (χ0) is 17.3. The number of thiophene rings is 1. The summed E-state index contributed by atoms with van der Waals surface area (Å²) in [7, 11) is 0. The average molecular weight is 346 g/mol. The number of aromatic nitrogens is 2. The molecule has 3 rings (SSSR count). The smallest absolute Gasteiger partial charge is 0.348 e. The lowest BCUT2D eigenvalue weighted by Gasteiger charge is -2.05. The van der Waals surface area contributed by atoms with Gasteiger partial charge in [-0.3, -0.25) is 9.36 Å². The summed E-state index contributed by atoms with van der Waals surface area (Å²) in [5, 5.41) is 0.424. The Hall–Kier alpha value is -2.54. The molecule has 0 saturated carbocycles. The van der Waals surface area contributed by atoms with Crippen molar-refractivity contribution in [3.63, 3.8) is 0 Å². The molecule has 0 aliphatic rings. The summed E-state index contributed by atoms with van der Waals surface area (Å²) in [6.07, 6.45) is 1.44. The molecule has 0 N–H and O–H groups in total. The Balaban J connectivity index is 2.04. The van der Waals surface area contributed by atoms with Crippen LogP contribution in [-0.4, -0.2) is 22.1 Å². The van der Waals surface area contributed by atoms with E-state index in [2.05, 4.69) is 4.98 Å². The number of carbonyl (C=O) groups is 1. The molecule has 0 aliphatic carbocycles. The third-order valence-corrected chi connectivity index (χ3v) is 4.82. The second-order valence-electron chi connectivity index (χ2n) is 5.26. The minimum Gasteiger partial charge on any atom is -0.462 e. The summed E-state index contributed by atoms with van der Waals surface area (Å²) in [6, 6.07) is 5.94. The van der Waals surface area contributed by atoms with Gasteiger partial charge in [-0.2, -0.15) is 0 Å². The van der Waals surface area contributed by atoms with Gasteiger partial charge >= 0.3 is 5.97 Å². The minimum absolute atomic E-state index is 0.228. The third-order valence-electron chi connectivity index (χ3n) is 3.64. The summed E-state index contributed by atoms with van der Waals surface area (Å²) in [6.45, 7) is 4.01. The number of ether oxygens (including phenoxy) is 1. The highest BCUT2D eigenvalue weighted by molar-refractivity contribution is 7.20. The second-order valence-corrected chi connectivity index (χ2v) is 6.26. The first kappa shape index (κ1) is 16.3. The van der Waals surface area contributed by atoms with Crippen molar-refractivity contribution in [2.24, 2.45) is 0 Å². The molecule has 0 bridgehead atoms. The van der Waals surface area contributed by atoms with E-state index in [1.807, 2.05) is 0 Å². The van der Waals surface area contributed by atoms with Crippen molar-refractivity contribution < 1.29 is 13.9 Å². The number of benzene rings is 1. The molecule has 0 saturated heterocycles. The van der Waals surface area contributed by atoms with Gasteiger partial charge in [0.25, 0.3) is 5.56 Å². The van der Waals surface area contributed by atoms with Gasteiger partial charge in [0.15, 0.2) is 0 Å². The predicted octanol–water partition coefficient (Wildman–Crippen LogP) is 3.13. The van der Waals surface area contributed by atoms with E-state index in [0.717, 1.165) is 16.9 Å². The number of carbonyl (C=O) groups excluding carboxylic acids is 1. The minimum atomic E-state index is -0.442. The van der Waals surface area contributed by atoms with Crippen molar-refractivity contribution in [1.29, 1.82) is 0 Å². The van der Waals surface area contributed by atoms with Gasteiger partial charge in [-0.25, -0.2) is 14.2 Å². The van der Waals surface area contributed by atoms with E-state index in [4.69, 9.17) is 4.74 Å². The molecule has 1 aromatic carbocycles. The van der Waals surface area contributed by atoms with Gasteiger partial charge in [-0.15, -0.1) is 11.3 Å². The largest absolute Gasteiger partial charge is 0.462 e. The van der Waals surface area contributed by atoms with E-state index in [1.165, 1.54) is 23.0 Å². The highest BCUT2D eigenvalue weighted by atomic mass is 32.1. The van der Waals surface area contributed by atoms with E-state index in [0.29, 0.717) is 20.7 Å². The van der Waals surface area contributed by atoms with Crippen molar-refractivity contribution in [1.82, 2.24) is 9.55 Å². The highest BCUT2D eigenvalue weighted by Gasteiger charge is 2.20. The monoisotopic (exact) mass is 346 g/mol. The SMILES string of the molecule is CCOC(=O)c1sc2ncn(Cc3ccc(F)cc3)c(=O)c2c1C. The molecule has 3 aromatic rings. The molecule has 2 aromatic heterocycles. The molecule has 7 heteroatoms. The Morgan fingerprint density at radius 2 is 2.04 bits per heavy atom. The van der Waals surface area contributed by atoms with E-state index in [-0.39, 0.29) is 24.5 Å². The van der Waals surface area contributed by atoms with Crippen LogP contribution in [0.15, 0.2) is 35.4 Å². The van der Waals surface area contributed by atoms with Crippen LogP contribution in [0.4, 0.5) is 4.39 Å². The van der Waals surface area contributed by atoms with Gasteiger partial charge < -0.3 is 4.74 Å². The van der Waals surface area contributed by atoms with Crippen molar-refractivity contribution in [2.75, 3.05) is 6.61 Å². The van der Waals surface area contributed by atoms with E-state index >= 15 is 0 Å². The Kier molecular flexibility index (Phi) is 4.44. The summed E-state index contributed by atoms with van der Waals surface area (Å²) >= 11 is 1.15. The van der Waals surface area contributed by atoms with Crippen LogP contribution in [0, 0.1) is 12.7 Å².